The van der Waals surface area contributed by atoms with E-state index in [9.17, 15) is 10.0 Å². The summed E-state index contributed by atoms with van der Waals surface area (Å²) in [4.78, 5) is 20.5. The van der Waals surface area contributed by atoms with Gasteiger partial charge in [0.05, 0.1) is 12.7 Å². The highest BCUT2D eigenvalue weighted by molar-refractivity contribution is 5.87. The molecule has 0 aliphatic carbocycles. The third-order valence-electron chi connectivity index (χ3n) is 4.84. The summed E-state index contributed by atoms with van der Waals surface area (Å²) >= 11 is 0. The van der Waals surface area contributed by atoms with Gasteiger partial charge in [0.15, 0.2) is 11.4 Å². The van der Waals surface area contributed by atoms with E-state index < -0.39 is 5.97 Å². The van der Waals surface area contributed by atoms with Gasteiger partial charge in [0.2, 0.25) is 11.6 Å². The van der Waals surface area contributed by atoms with E-state index in [1.54, 1.807) is 13.0 Å². The molecule has 0 aliphatic heterocycles. The van der Waals surface area contributed by atoms with Gasteiger partial charge >= 0.3 is 11.7 Å². The summed E-state index contributed by atoms with van der Waals surface area (Å²) in [5.41, 5.74) is 2.25. The van der Waals surface area contributed by atoms with Crippen molar-refractivity contribution in [2.75, 3.05) is 6.61 Å². The predicted molar refractivity (Wildman–Crippen MR) is 122 cm³/mol. The van der Waals surface area contributed by atoms with Crippen LogP contribution >= 0.6 is 0 Å². The van der Waals surface area contributed by atoms with Crippen molar-refractivity contribution in [2.45, 2.75) is 20.1 Å². The molecule has 0 fully saturated rings. The third-order valence-corrected chi connectivity index (χ3v) is 4.84. The molecule has 34 heavy (non-hydrogen) atoms. The lowest BCUT2D eigenvalue weighted by atomic mass is 10.2. The maximum Gasteiger partial charge on any atom is 0.357 e. The molecule has 4 rings (SSSR count). The minimum absolute atomic E-state index is 0.0861. The SMILES string of the molecule is CCOC(=O)c1ccnc(-c2cc(OCc3ccccc3)c(OCc3ccccc3)c[n+]2O)n1. The highest BCUT2D eigenvalue weighted by Crippen LogP contribution is 2.30. The Morgan fingerprint density at radius 1 is 0.912 bits per heavy atom. The van der Waals surface area contributed by atoms with Crippen molar-refractivity contribution in [3.63, 3.8) is 0 Å². The highest BCUT2D eigenvalue weighted by atomic mass is 16.5. The molecular weight excluding hydrogens is 434 g/mol. The molecule has 0 saturated carbocycles. The van der Waals surface area contributed by atoms with Gasteiger partial charge in [-0.25, -0.2) is 14.8 Å². The standard InChI is InChI=1S/C26H24N3O5/c1-2-32-26(30)21-13-14-27-25(28-21)22-15-23(33-17-19-9-5-3-6-10-19)24(16-29(22)31)34-18-20-11-7-4-8-12-20/h3-16,31H,2,17-18H2,1H3/q+1. The van der Waals surface area contributed by atoms with Crippen LogP contribution in [-0.2, 0) is 18.0 Å². The van der Waals surface area contributed by atoms with Gasteiger partial charge in [-0.05, 0) is 24.1 Å². The Hall–Kier alpha value is -4.46. The molecule has 0 saturated heterocycles. The number of ether oxygens (including phenoxy) is 3. The molecule has 2 aromatic heterocycles. The molecule has 4 aromatic rings. The first-order chi connectivity index (χ1) is 16.6. The second kappa shape index (κ2) is 10.9. The maximum absolute atomic E-state index is 12.1. The molecular formula is C26H24N3O5+. The fraction of sp³-hybridized carbons (Fsp3) is 0.154. The van der Waals surface area contributed by atoms with E-state index in [1.165, 1.54) is 18.5 Å². The normalized spacial score (nSPS) is 10.5. The molecule has 0 atom stereocenters. The Morgan fingerprint density at radius 2 is 1.53 bits per heavy atom. The van der Waals surface area contributed by atoms with E-state index in [4.69, 9.17) is 14.2 Å². The molecule has 172 valence electrons. The summed E-state index contributed by atoms with van der Waals surface area (Å²) in [6, 6.07) is 22.4. The fourth-order valence-electron chi connectivity index (χ4n) is 3.17. The van der Waals surface area contributed by atoms with Gasteiger partial charge in [-0.15, -0.1) is 0 Å². The van der Waals surface area contributed by atoms with Gasteiger partial charge in [-0.1, -0.05) is 60.7 Å². The molecule has 2 aromatic carbocycles. The number of carbonyl (C=O) groups excluding carboxylic acids is 1. The average Bonchev–Trinajstić information content (AvgIpc) is 2.88. The molecule has 1 N–H and O–H groups in total. The molecule has 0 amide bonds. The van der Waals surface area contributed by atoms with Crippen LogP contribution in [0, 0.1) is 0 Å². The predicted octanol–water partition coefficient (Wildman–Crippen LogP) is 4.00. The zero-order valence-corrected chi connectivity index (χ0v) is 18.6. The van der Waals surface area contributed by atoms with Crippen LogP contribution in [0.25, 0.3) is 11.5 Å². The van der Waals surface area contributed by atoms with E-state index in [2.05, 4.69) is 9.97 Å². The van der Waals surface area contributed by atoms with Crippen LogP contribution in [0.1, 0.15) is 28.5 Å². The van der Waals surface area contributed by atoms with Gasteiger partial charge < -0.3 is 14.2 Å². The van der Waals surface area contributed by atoms with Crippen molar-refractivity contribution in [3.8, 4) is 23.0 Å². The van der Waals surface area contributed by atoms with Crippen LogP contribution in [0.5, 0.6) is 11.5 Å². The quantitative estimate of drug-likeness (QED) is 0.230. The second-order valence-electron chi connectivity index (χ2n) is 7.27. The van der Waals surface area contributed by atoms with E-state index in [-0.39, 0.29) is 30.4 Å². The van der Waals surface area contributed by atoms with E-state index >= 15 is 0 Å². The molecule has 0 bridgehead atoms. The first-order valence-corrected chi connectivity index (χ1v) is 10.8. The molecule has 8 heteroatoms. The number of nitrogens with zero attached hydrogens (tertiary/aromatic N) is 3. The van der Waals surface area contributed by atoms with Crippen molar-refractivity contribution >= 4 is 5.97 Å². The van der Waals surface area contributed by atoms with Crippen molar-refractivity contribution < 1.29 is 28.9 Å². The number of pyridine rings is 1. The Balaban J connectivity index is 1.66. The maximum atomic E-state index is 12.1. The number of benzene rings is 2. The lowest BCUT2D eigenvalue weighted by Crippen LogP contribution is -2.33. The third kappa shape index (κ3) is 5.66. The number of rotatable bonds is 9. The molecule has 0 spiro atoms. The topological polar surface area (TPSA) is 94.7 Å². The Kier molecular flexibility index (Phi) is 7.29. The lowest BCUT2D eigenvalue weighted by molar-refractivity contribution is -0.896. The zero-order valence-electron chi connectivity index (χ0n) is 18.6. The lowest BCUT2D eigenvalue weighted by Gasteiger charge is -2.12. The van der Waals surface area contributed by atoms with Crippen LogP contribution in [0.2, 0.25) is 0 Å². The monoisotopic (exact) mass is 458 g/mol. The minimum atomic E-state index is -0.570. The van der Waals surface area contributed by atoms with Crippen molar-refractivity contribution in [1.82, 2.24) is 9.97 Å². The summed E-state index contributed by atoms with van der Waals surface area (Å²) in [5.74, 6) is 0.295. The van der Waals surface area contributed by atoms with Crippen LogP contribution in [-0.4, -0.2) is 27.8 Å². The fourth-order valence-corrected chi connectivity index (χ4v) is 3.17. The van der Waals surface area contributed by atoms with Crippen LogP contribution in [0.4, 0.5) is 0 Å². The molecule has 0 aliphatic rings. The summed E-state index contributed by atoms with van der Waals surface area (Å²) in [5, 5.41) is 10.7. The number of aromatic nitrogens is 3. The van der Waals surface area contributed by atoms with Crippen LogP contribution < -0.4 is 14.2 Å². The Labute approximate surface area is 197 Å². The summed E-state index contributed by atoms with van der Waals surface area (Å²) in [6.07, 6.45) is 2.82. The Bertz CT molecular complexity index is 1250. The Morgan fingerprint density at radius 3 is 2.15 bits per heavy atom. The van der Waals surface area contributed by atoms with Gasteiger partial charge in [-0.3, -0.25) is 5.21 Å². The molecule has 8 nitrogen and oxygen atoms in total. The van der Waals surface area contributed by atoms with Crippen molar-refractivity contribution in [1.29, 1.82) is 0 Å². The number of carbonyl (C=O) groups is 1. The van der Waals surface area contributed by atoms with E-state index in [0.717, 1.165) is 15.9 Å². The first kappa shape index (κ1) is 22.7. The van der Waals surface area contributed by atoms with Gasteiger partial charge in [-0.2, -0.15) is 0 Å². The second-order valence-corrected chi connectivity index (χ2v) is 7.27. The van der Waals surface area contributed by atoms with Gasteiger partial charge in [0.1, 0.15) is 13.2 Å². The highest BCUT2D eigenvalue weighted by Gasteiger charge is 2.24. The van der Waals surface area contributed by atoms with E-state index in [1.807, 2.05) is 60.7 Å². The summed E-state index contributed by atoms with van der Waals surface area (Å²) in [6.45, 7) is 2.52. The average molecular weight is 458 g/mol. The van der Waals surface area contributed by atoms with Crippen molar-refractivity contribution in [2.24, 2.45) is 0 Å². The number of hydrogen-bond donors (Lipinski definition) is 1. The zero-order chi connectivity index (χ0) is 23.8. The molecule has 0 unspecified atom stereocenters. The molecule has 2 heterocycles. The van der Waals surface area contributed by atoms with Crippen LogP contribution in [0.3, 0.4) is 0 Å². The summed E-state index contributed by atoms with van der Waals surface area (Å²) < 4.78 is 17.9. The molecule has 0 radical (unpaired) electrons. The number of esters is 1. The minimum Gasteiger partial charge on any atom is -0.484 e. The van der Waals surface area contributed by atoms with Crippen molar-refractivity contribution in [3.05, 3.63) is 102 Å². The van der Waals surface area contributed by atoms with E-state index in [0.29, 0.717) is 18.1 Å². The van der Waals surface area contributed by atoms with Crippen LogP contribution in [0.15, 0.2) is 85.2 Å². The first-order valence-electron chi connectivity index (χ1n) is 10.8. The number of hydrogen-bond acceptors (Lipinski definition) is 7. The van der Waals surface area contributed by atoms with Gasteiger partial charge in [0.25, 0.3) is 6.20 Å². The summed E-state index contributed by atoms with van der Waals surface area (Å²) in [7, 11) is 0. The van der Waals surface area contributed by atoms with Gasteiger partial charge in [0, 0.05) is 10.9 Å². The largest absolute Gasteiger partial charge is 0.484 e. The smallest absolute Gasteiger partial charge is 0.357 e.